The second-order valence-electron chi connectivity index (χ2n) is 4.33. The predicted octanol–water partition coefficient (Wildman–Crippen LogP) is 1.21. The summed E-state index contributed by atoms with van der Waals surface area (Å²) in [5.41, 5.74) is 5.51. The Hall–Kier alpha value is -1.07. The van der Waals surface area contributed by atoms with E-state index in [1.54, 1.807) is 0 Å². The Balaban J connectivity index is 3.04. The Kier molecular flexibility index (Phi) is 3.93. The Morgan fingerprint density at radius 2 is 2.31 bits per heavy atom. The number of aromatic amines is 1. The lowest BCUT2D eigenvalue weighted by Gasteiger charge is -2.34. The molecule has 1 aromatic rings. The predicted molar refractivity (Wildman–Crippen MR) is 65.8 cm³/mol. The minimum atomic E-state index is -0.408. The molecule has 1 aromatic heterocycles. The molecular formula is C10H17ClN4O. The summed E-state index contributed by atoms with van der Waals surface area (Å²) in [6.45, 7) is 6.52. The van der Waals surface area contributed by atoms with Gasteiger partial charge in [-0.05, 0) is 12.8 Å². The smallest absolute Gasteiger partial charge is 0.285 e. The fourth-order valence-corrected chi connectivity index (χ4v) is 1.35. The molecule has 16 heavy (non-hydrogen) atoms. The van der Waals surface area contributed by atoms with Gasteiger partial charge in [0.25, 0.3) is 5.56 Å². The first kappa shape index (κ1) is 13.0. The number of nitrogens with two attached hydrogens (primary N) is 1. The summed E-state index contributed by atoms with van der Waals surface area (Å²) in [7, 11) is 0. The van der Waals surface area contributed by atoms with Crippen LogP contribution in [0.1, 0.15) is 20.8 Å². The molecule has 0 saturated carbocycles. The first-order chi connectivity index (χ1) is 7.40. The van der Waals surface area contributed by atoms with Crippen LogP contribution in [0.25, 0.3) is 0 Å². The highest BCUT2D eigenvalue weighted by Crippen LogP contribution is 2.24. The third kappa shape index (κ3) is 2.54. The zero-order valence-electron chi connectivity index (χ0n) is 9.67. The summed E-state index contributed by atoms with van der Waals surface area (Å²) in [6, 6.07) is 0. The van der Waals surface area contributed by atoms with Gasteiger partial charge in [-0.25, -0.2) is 5.10 Å². The largest absolute Gasteiger partial charge is 0.376 e. The molecule has 1 rings (SSSR count). The number of aromatic nitrogens is 2. The molecule has 4 N–H and O–H groups in total. The van der Waals surface area contributed by atoms with Crippen LogP contribution in [0.3, 0.4) is 0 Å². The van der Waals surface area contributed by atoms with Gasteiger partial charge in [-0.15, -0.1) is 0 Å². The van der Waals surface area contributed by atoms with Gasteiger partial charge in [-0.3, -0.25) is 4.79 Å². The van der Waals surface area contributed by atoms with Crippen LogP contribution < -0.4 is 16.6 Å². The lowest BCUT2D eigenvalue weighted by Crippen LogP contribution is -2.47. The standard InChI is InChI=1S/C10H17ClN4O/c1-6(2)10(3,5-12)14-7-4-13-15-9(16)8(7)11/h4,6H,5,12H2,1-3H3,(H2,14,15,16). The second kappa shape index (κ2) is 4.84. The molecule has 0 aromatic carbocycles. The van der Waals surface area contributed by atoms with Gasteiger partial charge in [-0.1, -0.05) is 25.4 Å². The molecule has 0 spiro atoms. The molecule has 6 heteroatoms. The Morgan fingerprint density at radius 3 is 2.81 bits per heavy atom. The van der Waals surface area contributed by atoms with Crippen LogP contribution in [0.15, 0.2) is 11.0 Å². The quantitative estimate of drug-likeness (QED) is 0.743. The van der Waals surface area contributed by atoms with Gasteiger partial charge in [0.2, 0.25) is 0 Å². The number of nitrogens with one attached hydrogen (secondary N) is 2. The van der Waals surface area contributed by atoms with Crippen molar-refractivity contribution in [2.75, 3.05) is 11.9 Å². The Labute approximate surface area is 99.4 Å². The molecule has 5 nitrogen and oxygen atoms in total. The highest BCUT2D eigenvalue weighted by molar-refractivity contribution is 6.32. The minimum absolute atomic E-state index is 0.107. The zero-order chi connectivity index (χ0) is 12.3. The second-order valence-corrected chi connectivity index (χ2v) is 4.71. The van der Waals surface area contributed by atoms with Crippen LogP contribution in [0.2, 0.25) is 5.02 Å². The molecule has 0 saturated heterocycles. The first-order valence-corrected chi connectivity index (χ1v) is 5.50. The molecular weight excluding hydrogens is 228 g/mol. The summed E-state index contributed by atoms with van der Waals surface area (Å²) in [4.78, 5) is 11.3. The number of nitrogens with zero attached hydrogens (tertiary/aromatic N) is 1. The van der Waals surface area contributed by atoms with Crippen molar-refractivity contribution in [2.45, 2.75) is 26.3 Å². The maximum absolute atomic E-state index is 11.3. The van der Waals surface area contributed by atoms with Crippen molar-refractivity contribution in [3.8, 4) is 0 Å². The number of rotatable bonds is 4. The van der Waals surface area contributed by atoms with Crippen molar-refractivity contribution in [1.82, 2.24) is 10.2 Å². The molecule has 0 bridgehead atoms. The minimum Gasteiger partial charge on any atom is -0.376 e. The van der Waals surface area contributed by atoms with E-state index < -0.39 is 5.56 Å². The maximum atomic E-state index is 11.3. The number of hydrogen-bond donors (Lipinski definition) is 3. The van der Waals surface area contributed by atoms with Crippen LogP contribution in [-0.4, -0.2) is 22.3 Å². The molecule has 1 atom stereocenters. The van der Waals surface area contributed by atoms with E-state index in [2.05, 4.69) is 15.5 Å². The van der Waals surface area contributed by atoms with Crippen LogP contribution in [0.4, 0.5) is 5.69 Å². The fourth-order valence-electron chi connectivity index (χ4n) is 1.21. The number of hydrogen-bond acceptors (Lipinski definition) is 4. The van der Waals surface area contributed by atoms with Crippen molar-refractivity contribution in [2.24, 2.45) is 11.7 Å². The van der Waals surface area contributed by atoms with Crippen molar-refractivity contribution < 1.29 is 0 Å². The SMILES string of the molecule is CC(C)C(C)(CN)Nc1cn[nH]c(=O)c1Cl. The average molecular weight is 245 g/mol. The number of anilines is 1. The van der Waals surface area contributed by atoms with Crippen LogP contribution in [0, 0.1) is 5.92 Å². The summed E-state index contributed by atoms with van der Waals surface area (Å²) in [5.74, 6) is 0.299. The maximum Gasteiger partial charge on any atom is 0.285 e. The van der Waals surface area contributed by atoms with Crippen molar-refractivity contribution in [1.29, 1.82) is 0 Å². The highest BCUT2D eigenvalue weighted by atomic mass is 35.5. The average Bonchev–Trinajstić information content (AvgIpc) is 2.24. The van der Waals surface area contributed by atoms with E-state index in [-0.39, 0.29) is 10.6 Å². The van der Waals surface area contributed by atoms with Crippen molar-refractivity contribution in [3.05, 3.63) is 21.6 Å². The Morgan fingerprint density at radius 1 is 1.69 bits per heavy atom. The van der Waals surface area contributed by atoms with E-state index in [1.165, 1.54) is 6.20 Å². The Bertz CT molecular complexity index is 418. The molecule has 0 aliphatic carbocycles. The van der Waals surface area contributed by atoms with E-state index in [4.69, 9.17) is 17.3 Å². The van der Waals surface area contributed by atoms with E-state index in [9.17, 15) is 4.79 Å². The third-order valence-corrected chi connectivity index (χ3v) is 3.29. The highest BCUT2D eigenvalue weighted by Gasteiger charge is 2.27. The normalized spacial score (nSPS) is 14.9. The van der Waals surface area contributed by atoms with Gasteiger partial charge in [0.15, 0.2) is 0 Å². The van der Waals surface area contributed by atoms with Gasteiger partial charge in [0, 0.05) is 12.1 Å². The van der Waals surface area contributed by atoms with E-state index in [1.807, 2.05) is 20.8 Å². The molecule has 0 aliphatic heterocycles. The van der Waals surface area contributed by atoms with Gasteiger partial charge < -0.3 is 11.1 Å². The fraction of sp³-hybridized carbons (Fsp3) is 0.600. The van der Waals surface area contributed by atoms with Crippen LogP contribution >= 0.6 is 11.6 Å². The van der Waals surface area contributed by atoms with Gasteiger partial charge in [0.1, 0.15) is 5.02 Å². The molecule has 1 unspecified atom stereocenters. The zero-order valence-corrected chi connectivity index (χ0v) is 10.4. The summed E-state index contributed by atoms with van der Waals surface area (Å²) >= 11 is 5.87. The molecule has 90 valence electrons. The lowest BCUT2D eigenvalue weighted by atomic mass is 9.88. The molecule has 0 radical (unpaired) electrons. The summed E-state index contributed by atoms with van der Waals surface area (Å²) in [6.07, 6.45) is 1.49. The number of H-pyrrole nitrogens is 1. The van der Waals surface area contributed by atoms with Crippen molar-refractivity contribution >= 4 is 17.3 Å². The van der Waals surface area contributed by atoms with Gasteiger partial charge in [0.05, 0.1) is 11.9 Å². The summed E-state index contributed by atoms with van der Waals surface area (Å²) in [5, 5.41) is 9.24. The van der Waals surface area contributed by atoms with E-state index in [0.717, 1.165) is 0 Å². The lowest BCUT2D eigenvalue weighted by molar-refractivity contribution is 0.382. The molecule has 1 heterocycles. The monoisotopic (exact) mass is 244 g/mol. The molecule has 0 aliphatic rings. The van der Waals surface area contributed by atoms with Gasteiger partial charge >= 0.3 is 0 Å². The van der Waals surface area contributed by atoms with E-state index in [0.29, 0.717) is 18.2 Å². The molecule has 0 fully saturated rings. The third-order valence-electron chi connectivity index (χ3n) is 2.91. The topological polar surface area (TPSA) is 83.8 Å². The van der Waals surface area contributed by atoms with Crippen LogP contribution in [0.5, 0.6) is 0 Å². The first-order valence-electron chi connectivity index (χ1n) is 5.12. The number of halogens is 1. The van der Waals surface area contributed by atoms with Gasteiger partial charge in [-0.2, -0.15) is 5.10 Å². The summed E-state index contributed by atoms with van der Waals surface area (Å²) < 4.78 is 0. The van der Waals surface area contributed by atoms with E-state index >= 15 is 0 Å². The molecule has 0 amide bonds. The van der Waals surface area contributed by atoms with Crippen molar-refractivity contribution in [3.63, 3.8) is 0 Å². The van der Waals surface area contributed by atoms with Crippen LogP contribution in [-0.2, 0) is 0 Å².